The Bertz CT molecular complexity index is 454. The molecule has 0 atom stereocenters. The number of isocyanates is 1. The van der Waals surface area contributed by atoms with Gasteiger partial charge in [-0.2, -0.15) is 0 Å². The Labute approximate surface area is 82.8 Å². The average molecular weight is 212 g/mol. The first-order valence-corrected chi connectivity index (χ1v) is 3.75. The minimum atomic E-state index is -1.12. The predicted molar refractivity (Wildman–Crippen MR) is 46.5 cm³/mol. The molecule has 0 fully saturated rings. The highest BCUT2D eigenvalue weighted by atomic mass is 19.1. The number of carbonyl (C=O) groups excluding carboxylic acids is 1. The summed E-state index contributed by atoms with van der Waals surface area (Å²) in [6, 6.07) is 1.53. The Hall–Kier alpha value is -2.27. The van der Waals surface area contributed by atoms with Crippen molar-refractivity contribution in [2.24, 2.45) is 4.99 Å². The first kappa shape index (κ1) is 10.8. The number of halogens is 1. The van der Waals surface area contributed by atoms with E-state index in [9.17, 15) is 19.3 Å². The van der Waals surface area contributed by atoms with E-state index in [4.69, 9.17) is 5.11 Å². The third-order valence-electron chi connectivity index (χ3n) is 1.65. The van der Waals surface area contributed by atoms with E-state index in [-0.39, 0.29) is 12.1 Å². The van der Waals surface area contributed by atoms with Crippen molar-refractivity contribution < 1.29 is 19.2 Å². The number of phenols is 1. The van der Waals surface area contributed by atoms with Crippen molar-refractivity contribution in [3.63, 3.8) is 0 Å². The maximum absolute atomic E-state index is 12.9. The maximum atomic E-state index is 12.9. The van der Waals surface area contributed by atoms with Crippen molar-refractivity contribution in [3.05, 3.63) is 33.6 Å². The molecule has 7 heteroatoms. The number of hydrogen-bond donors (Lipinski definition) is 1. The maximum Gasteiger partial charge on any atom is 0.272 e. The molecule has 0 unspecified atom stereocenters. The van der Waals surface area contributed by atoms with Gasteiger partial charge in [0.2, 0.25) is 6.08 Å². The van der Waals surface area contributed by atoms with E-state index in [1.165, 1.54) is 6.08 Å². The third-order valence-corrected chi connectivity index (χ3v) is 1.65. The molecular weight excluding hydrogens is 207 g/mol. The lowest BCUT2D eigenvalue weighted by Gasteiger charge is -2.01. The van der Waals surface area contributed by atoms with Gasteiger partial charge in [0, 0.05) is 11.6 Å². The summed E-state index contributed by atoms with van der Waals surface area (Å²) in [7, 11) is 0. The quantitative estimate of drug-likeness (QED) is 0.353. The fraction of sp³-hybridized carbons (Fsp3) is 0.125. The summed E-state index contributed by atoms with van der Waals surface area (Å²) in [6.45, 7) is -0.353. The minimum absolute atomic E-state index is 0.134. The molecule has 1 aromatic carbocycles. The molecule has 0 amide bonds. The van der Waals surface area contributed by atoms with E-state index in [1.54, 1.807) is 0 Å². The zero-order chi connectivity index (χ0) is 11.4. The van der Waals surface area contributed by atoms with E-state index in [1.807, 2.05) is 0 Å². The van der Waals surface area contributed by atoms with Crippen LogP contribution in [0.3, 0.4) is 0 Å². The number of phenolic OH excluding ortho intramolecular Hbond substituents is 1. The Kier molecular flexibility index (Phi) is 3.10. The second-order valence-electron chi connectivity index (χ2n) is 2.60. The molecule has 0 bridgehead atoms. The van der Waals surface area contributed by atoms with Crippen molar-refractivity contribution in [1.82, 2.24) is 0 Å². The fourth-order valence-corrected chi connectivity index (χ4v) is 0.983. The van der Waals surface area contributed by atoms with Gasteiger partial charge in [-0.1, -0.05) is 0 Å². The molecule has 0 aliphatic heterocycles. The zero-order valence-corrected chi connectivity index (χ0v) is 7.31. The van der Waals surface area contributed by atoms with Gasteiger partial charge in [0.05, 0.1) is 17.5 Å². The Morgan fingerprint density at radius 2 is 2.27 bits per heavy atom. The van der Waals surface area contributed by atoms with Gasteiger partial charge in [-0.3, -0.25) is 10.1 Å². The first-order valence-electron chi connectivity index (χ1n) is 3.75. The van der Waals surface area contributed by atoms with Crippen LogP contribution in [0.25, 0.3) is 0 Å². The summed E-state index contributed by atoms with van der Waals surface area (Å²) in [6.07, 6.45) is 1.18. The second kappa shape index (κ2) is 4.30. The highest BCUT2D eigenvalue weighted by Crippen LogP contribution is 2.27. The van der Waals surface area contributed by atoms with Gasteiger partial charge in [0.25, 0.3) is 5.69 Å². The highest BCUT2D eigenvalue weighted by molar-refractivity contribution is 5.45. The van der Waals surface area contributed by atoms with Crippen LogP contribution >= 0.6 is 0 Å². The number of nitro benzene ring substituents is 1. The van der Waals surface area contributed by atoms with Crippen LogP contribution in [-0.4, -0.2) is 16.1 Å². The molecule has 0 radical (unpaired) electrons. The Morgan fingerprint density at radius 3 is 2.80 bits per heavy atom. The molecule has 0 saturated heterocycles. The van der Waals surface area contributed by atoms with Gasteiger partial charge in [0.15, 0.2) is 11.6 Å². The number of nitro groups is 1. The fourth-order valence-electron chi connectivity index (χ4n) is 0.983. The molecule has 0 spiro atoms. The number of aromatic hydroxyl groups is 1. The van der Waals surface area contributed by atoms with Crippen LogP contribution in [-0.2, 0) is 11.3 Å². The summed E-state index contributed by atoms with van der Waals surface area (Å²) in [5.74, 6) is -1.88. The predicted octanol–water partition coefficient (Wildman–Crippen LogP) is 1.28. The van der Waals surface area contributed by atoms with Crippen LogP contribution in [0, 0.1) is 15.9 Å². The van der Waals surface area contributed by atoms with E-state index in [0.29, 0.717) is 6.07 Å². The number of rotatable bonds is 3. The van der Waals surface area contributed by atoms with Crippen molar-refractivity contribution in [2.75, 3.05) is 0 Å². The van der Waals surface area contributed by atoms with Gasteiger partial charge in [-0.25, -0.2) is 14.2 Å². The van der Waals surface area contributed by atoms with Crippen LogP contribution in [0.1, 0.15) is 5.56 Å². The third kappa shape index (κ3) is 2.35. The lowest BCUT2D eigenvalue weighted by atomic mass is 10.1. The van der Waals surface area contributed by atoms with E-state index >= 15 is 0 Å². The minimum Gasteiger partial charge on any atom is -0.505 e. The van der Waals surface area contributed by atoms with Gasteiger partial charge < -0.3 is 5.11 Å². The van der Waals surface area contributed by atoms with Crippen LogP contribution in [0.5, 0.6) is 5.75 Å². The molecular formula is C8H5FN2O4. The summed E-state index contributed by atoms with van der Waals surface area (Å²) in [4.78, 5) is 22.4. The van der Waals surface area contributed by atoms with E-state index < -0.39 is 22.2 Å². The zero-order valence-electron chi connectivity index (χ0n) is 7.31. The van der Waals surface area contributed by atoms with Crippen molar-refractivity contribution >= 4 is 11.8 Å². The smallest absolute Gasteiger partial charge is 0.272 e. The van der Waals surface area contributed by atoms with Gasteiger partial charge in [0.1, 0.15) is 0 Å². The Balaban J connectivity index is 3.24. The van der Waals surface area contributed by atoms with Crippen LogP contribution < -0.4 is 0 Å². The van der Waals surface area contributed by atoms with Crippen LogP contribution in [0.2, 0.25) is 0 Å². The van der Waals surface area contributed by atoms with E-state index in [0.717, 1.165) is 6.07 Å². The van der Waals surface area contributed by atoms with Gasteiger partial charge >= 0.3 is 0 Å². The summed E-state index contributed by atoms with van der Waals surface area (Å²) in [5.41, 5.74) is -0.647. The molecule has 15 heavy (non-hydrogen) atoms. The number of non-ortho nitro benzene ring substituents is 1. The highest BCUT2D eigenvalue weighted by Gasteiger charge is 2.15. The Morgan fingerprint density at radius 1 is 1.60 bits per heavy atom. The number of aliphatic imine (C=N–C) groups is 1. The number of benzene rings is 1. The summed E-state index contributed by atoms with van der Waals surface area (Å²) >= 11 is 0. The molecule has 6 nitrogen and oxygen atoms in total. The summed E-state index contributed by atoms with van der Waals surface area (Å²) < 4.78 is 12.9. The summed E-state index contributed by atoms with van der Waals surface area (Å²) in [5, 5.41) is 19.5. The molecule has 0 aliphatic carbocycles. The molecule has 1 N–H and O–H groups in total. The molecule has 1 rings (SSSR count). The second-order valence-corrected chi connectivity index (χ2v) is 2.60. The topological polar surface area (TPSA) is 92.8 Å². The molecule has 0 aromatic heterocycles. The molecule has 0 heterocycles. The van der Waals surface area contributed by atoms with Crippen LogP contribution in [0.15, 0.2) is 17.1 Å². The van der Waals surface area contributed by atoms with Crippen molar-refractivity contribution in [2.45, 2.75) is 6.54 Å². The molecule has 0 saturated carbocycles. The lowest BCUT2D eigenvalue weighted by Crippen LogP contribution is -1.93. The van der Waals surface area contributed by atoms with Gasteiger partial charge in [-0.05, 0) is 0 Å². The van der Waals surface area contributed by atoms with Crippen molar-refractivity contribution in [3.8, 4) is 5.75 Å². The molecule has 0 aliphatic rings. The SMILES string of the molecule is O=C=NCc1cc([N+](=O)[O-])cc(F)c1O. The lowest BCUT2D eigenvalue weighted by molar-refractivity contribution is -0.385. The average Bonchev–Trinajstić information content (AvgIpc) is 2.19. The van der Waals surface area contributed by atoms with Crippen LogP contribution in [0.4, 0.5) is 10.1 Å². The number of nitrogens with zero attached hydrogens (tertiary/aromatic N) is 2. The van der Waals surface area contributed by atoms with Crippen molar-refractivity contribution in [1.29, 1.82) is 0 Å². The first-order chi connectivity index (χ1) is 7.06. The normalized spacial score (nSPS) is 9.40. The number of hydrogen-bond acceptors (Lipinski definition) is 5. The monoisotopic (exact) mass is 212 g/mol. The molecule has 1 aromatic rings. The van der Waals surface area contributed by atoms with E-state index in [2.05, 4.69) is 4.99 Å². The van der Waals surface area contributed by atoms with Gasteiger partial charge in [-0.15, -0.1) is 0 Å². The molecule has 78 valence electrons. The largest absolute Gasteiger partial charge is 0.505 e. The standard InChI is InChI=1S/C8H5FN2O4/c9-7-2-6(11(14)15)1-5(8(7)13)3-10-4-12/h1-2,13H,3H2.